The molecule has 56 heavy (non-hydrogen) atoms. The van der Waals surface area contributed by atoms with E-state index in [-0.39, 0.29) is 11.5 Å². The minimum Gasteiger partial charge on any atom is -0.508 e. The molecule has 0 aliphatic rings. The van der Waals surface area contributed by atoms with Crippen LogP contribution in [0.4, 0.5) is 0 Å². The number of rotatable bonds is 10. The van der Waals surface area contributed by atoms with Crippen LogP contribution in [0.3, 0.4) is 0 Å². The molecule has 5 nitrogen and oxygen atoms in total. The molecule has 0 spiro atoms. The highest BCUT2D eigenvalue weighted by atomic mass is 35.5. The van der Waals surface area contributed by atoms with Gasteiger partial charge in [-0.1, -0.05) is 163 Å². The van der Waals surface area contributed by atoms with E-state index in [1.54, 1.807) is 30.3 Å². The summed E-state index contributed by atoms with van der Waals surface area (Å²) < 4.78 is 5.87. The first kappa shape index (κ1) is 35.9. The number of para-hydroxylation sites is 2. The van der Waals surface area contributed by atoms with Gasteiger partial charge in [-0.25, -0.2) is 4.79 Å². The number of carboxylic acids is 1. The highest BCUT2D eigenvalue weighted by Gasteiger charge is 2.24. The van der Waals surface area contributed by atoms with E-state index in [2.05, 4.69) is 48.5 Å². The number of halogens is 1. The Kier molecular flexibility index (Phi) is 10.1. The maximum atomic E-state index is 11.7. The molecule has 0 aromatic heterocycles. The van der Waals surface area contributed by atoms with Crippen LogP contribution in [0.25, 0.3) is 77.9 Å². The first-order valence-corrected chi connectivity index (χ1v) is 18.5. The molecule has 3 N–H and O–H groups in total. The Morgan fingerprint density at radius 3 is 1.59 bits per heavy atom. The molecule has 0 heterocycles. The van der Waals surface area contributed by atoms with E-state index in [0.717, 1.165) is 72.3 Å². The summed E-state index contributed by atoms with van der Waals surface area (Å²) >= 11 is 7.44. The standard InChI is InChI=1S/C50H35ClO5/c51-44-30-43(42-14-5-7-16-46(42)56-31-47(54)55)48(36-23-19-34(20-24-36)39-11-8-12-40(52)29-39)50(38-27-21-35(22-28-38)41-13-4-6-15-45(41)53)49(44)37-25-17-33(18-26-37)32-9-2-1-3-10-32/h1-30,52-53H,31H2,(H,54,55). The third-order valence-electron chi connectivity index (χ3n) is 9.83. The fourth-order valence-electron chi connectivity index (χ4n) is 7.20. The van der Waals surface area contributed by atoms with E-state index in [1.165, 1.54) is 0 Å². The van der Waals surface area contributed by atoms with Gasteiger partial charge in [0.1, 0.15) is 17.2 Å². The summed E-state index contributed by atoms with van der Waals surface area (Å²) in [6.07, 6.45) is 0. The average Bonchev–Trinajstić information content (AvgIpc) is 3.23. The summed E-state index contributed by atoms with van der Waals surface area (Å²) in [4.78, 5) is 11.7. The third kappa shape index (κ3) is 7.36. The lowest BCUT2D eigenvalue weighted by molar-refractivity contribution is -0.139. The molecule has 0 atom stereocenters. The van der Waals surface area contributed by atoms with Crippen LogP contribution in [-0.2, 0) is 4.79 Å². The van der Waals surface area contributed by atoms with Crippen molar-refractivity contribution in [2.45, 2.75) is 0 Å². The zero-order valence-corrected chi connectivity index (χ0v) is 30.8. The van der Waals surface area contributed by atoms with Gasteiger partial charge >= 0.3 is 5.97 Å². The van der Waals surface area contributed by atoms with Crippen LogP contribution in [0.1, 0.15) is 0 Å². The molecular formula is C50H35ClO5. The van der Waals surface area contributed by atoms with Crippen LogP contribution in [0, 0.1) is 0 Å². The second-order valence-electron chi connectivity index (χ2n) is 13.4. The van der Waals surface area contributed by atoms with Crippen molar-refractivity contribution < 1.29 is 24.9 Å². The molecule has 8 aromatic carbocycles. The zero-order chi connectivity index (χ0) is 38.6. The van der Waals surface area contributed by atoms with Gasteiger partial charge in [-0.2, -0.15) is 0 Å². The second kappa shape index (κ2) is 15.7. The monoisotopic (exact) mass is 750 g/mol. The van der Waals surface area contributed by atoms with Gasteiger partial charge in [0.05, 0.1) is 0 Å². The molecular weight excluding hydrogens is 716 g/mol. The predicted molar refractivity (Wildman–Crippen MR) is 226 cm³/mol. The van der Waals surface area contributed by atoms with E-state index < -0.39 is 12.6 Å². The van der Waals surface area contributed by atoms with E-state index in [1.807, 2.05) is 103 Å². The van der Waals surface area contributed by atoms with Crippen LogP contribution in [0.5, 0.6) is 17.2 Å². The average molecular weight is 751 g/mol. The Balaban J connectivity index is 1.40. The second-order valence-corrected chi connectivity index (χ2v) is 13.8. The van der Waals surface area contributed by atoms with Crippen molar-refractivity contribution in [1.29, 1.82) is 0 Å². The van der Waals surface area contributed by atoms with Crippen molar-refractivity contribution in [3.8, 4) is 95.1 Å². The highest BCUT2D eigenvalue weighted by Crippen LogP contribution is 2.51. The number of aromatic hydroxyl groups is 2. The van der Waals surface area contributed by atoms with Crippen LogP contribution in [0.2, 0.25) is 5.02 Å². The van der Waals surface area contributed by atoms with Crippen LogP contribution < -0.4 is 4.74 Å². The SMILES string of the molecule is O=C(O)COc1ccccc1-c1cc(Cl)c(-c2ccc(-c3ccccc3)cc2)c(-c2ccc(-c3ccccc3O)cc2)c1-c1ccc(-c2cccc(O)c2)cc1. The van der Waals surface area contributed by atoms with Crippen molar-refractivity contribution in [1.82, 2.24) is 0 Å². The van der Waals surface area contributed by atoms with Gasteiger partial charge in [-0.3, -0.25) is 0 Å². The predicted octanol–water partition coefficient (Wildman–Crippen LogP) is 12.9. The van der Waals surface area contributed by atoms with Crippen molar-refractivity contribution >= 4 is 17.6 Å². The lowest BCUT2D eigenvalue weighted by atomic mass is 9.82. The molecule has 0 aliphatic heterocycles. The fraction of sp³-hybridized carbons (Fsp3) is 0.0200. The fourth-order valence-corrected chi connectivity index (χ4v) is 7.51. The Hall–Kier alpha value is -7.08. The van der Waals surface area contributed by atoms with Crippen molar-refractivity contribution in [3.63, 3.8) is 0 Å². The Morgan fingerprint density at radius 1 is 0.446 bits per heavy atom. The van der Waals surface area contributed by atoms with Crippen LogP contribution in [0.15, 0.2) is 182 Å². The van der Waals surface area contributed by atoms with Gasteiger partial charge in [0, 0.05) is 21.7 Å². The molecule has 0 bridgehead atoms. The largest absolute Gasteiger partial charge is 0.508 e. The first-order valence-electron chi connectivity index (χ1n) is 18.1. The molecule has 8 rings (SSSR count). The number of hydrogen-bond acceptors (Lipinski definition) is 4. The maximum absolute atomic E-state index is 11.7. The van der Waals surface area contributed by atoms with Gasteiger partial charge in [0.25, 0.3) is 0 Å². The molecule has 0 amide bonds. The molecule has 0 fully saturated rings. The van der Waals surface area contributed by atoms with E-state index in [0.29, 0.717) is 16.3 Å². The van der Waals surface area contributed by atoms with E-state index >= 15 is 0 Å². The number of hydrogen-bond donors (Lipinski definition) is 3. The van der Waals surface area contributed by atoms with Gasteiger partial charge in [-0.05, 0) is 91.5 Å². The molecule has 0 saturated carbocycles. The normalized spacial score (nSPS) is 10.9. The molecule has 0 radical (unpaired) electrons. The maximum Gasteiger partial charge on any atom is 0.341 e. The smallest absolute Gasteiger partial charge is 0.341 e. The molecule has 0 aliphatic carbocycles. The highest BCUT2D eigenvalue weighted by molar-refractivity contribution is 6.35. The van der Waals surface area contributed by atoms with Crippen LogP contribution >= 0.6 is 11.6 Å². The van der Waals surface area contributed by atoms with Gasteiger partial charge < -0.3 is 20.1 Å². The van der Waals surface area contributed by atoms with E-state index in [9.17, 15) is 20.1 Å². The number of carbonyl (C=O) groups is 1. The third-order valence-corrected chi connectivity index (χ3v) is 10.1. The summed E-state index contributed by atoms with van der Waals surface area (Å²) in [5.41, 5.74) is 12.2. The molecule has 8 aromatic rings. The van der Waals surface area contributed by atoms with Crippen molar-refractivity contribution in [2.24, 2.45) is 0 Å². The molecule has 6 heteroatoms. The van der Waals surface area contributed by atoms with Gasteiger partial charge in [0.2, 0.25) is 0 Å². The number of carboxylic acid groups (broad SMARTS) is 1. The van der Waals surface area contributed by atoms with Gasteiger partial charge in [0.15, 0.2) is 6.61 Å². The minimum absolute atomic E-state index is 0.182. The summed E-state index contributed by atoms with van der Waals surface area (Å²) in [7, 11) is 0. The Labute approximate surface area is 330 Å². The van der Waals surface area contributed by atoms with Crippen molar-refractivity contribution in [2.75, 3.05) is 6.61 Å². The Morgan fingerprint density at radius 2 is 0.946 bits per heavy atom. The lowest BCUT2D eigenvalue weighted by Crippen LogP contribution is -2.10. The Bertz CT molecular complexity index is 2670. The summed E-state index contributed by atoms with van der Waals surface area (Å²) in [5, 5.41) is 30.9. The lowest BCUT2D eigenvalue weighted by Gasteiger charge is -2.23. The number of phenols is 2. The molecule has 0 saturated heterocycles. The summed E-state index contributed by atoms with van der Waals surface area (Å²) in [6.45, 7) is -0.509. The molecule has 272 valence electrons. The van der Waals surface area contributed by atoms with E-state index in [4.69, 9.17) is 16.3 Å². The molecule has 0 unspecified atom stereocenters. The quantitative estimate of drug-likeness (QED) is 0.130. The number of aliphatic carboxylic acids is 1. The number of benzene rings is 8. The van der Waals surface area contributed by atoms with Crippen molar-refractivity contribution in [3.05, 3.63) is 187 Å². The van der Waals surface area contributed by atoms with Gasteiger partial charge in [-0.15, -0.1) is 0 Å². The zero-order valence-electron chi connectivity index (χ0n) is 30.1. The minimum atomic E-state index is -1.08. The number of phenolic OH excluding ortho intramolecular Hbond substituents is 2. The number of ether oxygens (including phenoxy) is 1. The summed E-state index contributed by atoms with van der Waals surface area (Å²) in [5.74, 6) is -0.304. The first-order chi connectivity index (χ1) is 27.3. The topological polar surface area (TPSA) is 87.0 Å². The van der Waals surface area contributed by atoms with Crippen LogP contribution in [-0.4, -0.2) is 27.9 Å². The summed E-state index contributed by atoms with van der Waals surface area (Å²) in [6, 6.07) is 58.5.